The van der Waals surface area contributed by atoms with Crippen LogP contribution in [0.25, 0.3) is 0 Å². The highest BCUT2D eigenvalue weighted by molar-refractivity contribution is 5.44. The summed E-state index contributed by atoms with van der Waals surface area (Å²) in [5.41, 5.74) is 0.741. The molecule has 3 nitrogen and oxygen atoms in total. The fourth-order valence-electron chi connectivity index (χ4n) is 3.57. The Balaban J connectivity index is 1.90. The maximum absolute atomic E-state index is 10.4. The Morgan fingerprint density at radius 2 is 2.26 bits per heavy atom. The molecule has 3 atom stereocenters. The summed E-state index contributed by atoms with van der Waals surface area (Å²) in [6, 6.07) is 5.70. The Kier molecular flexibility index (Phi) is 3.17. The van der Waals surface area contributed by atoms with Crippen molar-refractivity contribution >= 4 is 0 Å². The van der Waals surface area contributed by atoms with Crippen LogP contribution >= 0.6 is 0 Å². The summed E-state index contributed by atoms with van der Waals surface area (Å²) in [4.78, 5) is 0. The van der Waals surface area contributed by atoms with Gasteiger partial charge in [0.2, 0.25) is 0 Å². The molecule has 1 N–H and O–H groups in total. The molecule has 0 radical (unpaired) electrons. The Morgan fingerprint density at radius 3 is 2.95 bits per heavy atom. The topological polar surface area (TPSA) is 38.7 Å². The first kappa shape index (κ1) is 12.8. The summed E-state index contributed by atoms with van der Waals surface area (Å²) in [7, 11) is 1.65. The largest absolute Gasteiger partial charge is 0.497 e. The van der Waals surface area contributed by atoms with Crippen molar-refractivity contribution in [3.8, 4) is 11.5 Å². The van der Waals surface area contributed by atoms with Crippen LogP contribution in [-0.2, 0) is 0 Å². The molecule has 2 aliphatic rings. The minimum atomic E-state index is -0.412. The second kappa shape index (κ2) is 4.71. The van der Waals surface area contributed by atoms with Crippen LogP contribution in [0.1, 0.15) is 50.7 Å². The lowest BCUT2D eigenvalue weighted by Gasteiger charge is -2.38. The maximum Gasteiger partial charge on any atom is 0.129 e. The number of rotatable bonds is 2. The Hall–Kier alpha value is -1.22. The van der Waals surface area contributed by atoms with Crippen molar-refractivity contribution in [3.05, 3.63) is 23.8 Å². The summed E-state index contributed by atoms with van der Waals surface area (Å²) >= 11 is 0. The van der Waals surface area contributed by atoms with Crippen LogP contribution in [0.2, 0.25) is 0 Å². The Morgan fingerprint density at radius 1 is 1.42 bits per heavy atom. The summed E-state index contributed by atoms with van der Waals surface area (Å²) in [6.07, 6.45) is 4.85. The van der Waals surface area contributed by atoms with Crippen LogP contribution in [-0.4, -0.2) is 17.8 Å². The van der Waals surface area contributed by atoms with Crippen LogP contribution in [0.5, 0.6) is 11.5 Å². The van der Waals surface area contributed by atoms with Gasteiger partial charge in [0.1, 0.15) is 17.1 Å². The van der Waals surface area contributed by atoms with E-state index in [9.17, 15) is 5.11 Å². The zero-order chi connectivity index (χ0) is 13.5. The van der Waals surface area contributed by atoms with Gasteiger partial charge in [-0.25, -0.2) is 0 Å². The van der Waals surface area contributed by atoms with Gasteiger partial charge in [-0.15, -0.1) is 0 Å². The number of ether oxygens (including phenoxy) is 2. The molecule has 0 bridgehead atoms. The van der Waals surface area contributed by atoms with Gasteiger partial charge in [-0.2, -0.15) is 0 Å². The third-order valence-electron chi connectivity index (χ3n) is 4.72. The van der Waals surface area contributed by atoms with Crippen molar-refractivity contribution in [2.24, 2.45) is 5.92 Å². The third-order valence-corrected chi connectivity index (χ3v) is 4.72. The average molecular weight is 262 g/mol. The molecule has 0 amide bonds. The van der Waals surface area contributed by atoms with E-state index in [1.54, 1.807) is 7.11 Å². The monoisotopic (exact) mass is 262 g/mol. The number of hydrogen-bond donors (Lipinski definition) is 1. The van der Waals surface area contributed by atoms with Crippen LogP contribution in [0.4, 0.5) is 0 Å². The van der Waals surface area contributed by atoms with Crippen molar-refractivity contribution in [1.29, 1.82) is 0 Å². The molecule has 1 fully saturated rings. The molecule has 1 saturated carbocycles. The van der Waals surface area contributed by atoms with E-state index in [4.69, 9.17) is 9.47 Å². The summed E-state index contributed by atoms with van der Waals surface area (Å²) in [5, 5.41) is 10.4. The van der Waals surface area contributed by atoms with Crippen LogP contribution in [0, 0.1) is 5.92 Å². The number of aliphatic hydroxyl groups is 1. The number of aliphatic hydroxyl groups excluding tert-OH is 1. The van der Waals surface area contributed by atoms with E-state index >= 15 is 0 Å². The predicted molar refractivity (Wildman–Crippen MR) is 73.6 cm³/mol. The Bertz CT molecular complexity index is 471. The van der Waals surface area contributed by atoms with Gasteiger partial charge in [0.25, 0.3) is 0 Å². The zero-order valence-corrected chi connectivity index (χ0v) is 11.7. The average Bonchev–Trinajstić information content (AvgIpc) is 2.80. The molecule has 3 rings (SSSR count). The van der Waals surface area contributed by atoms with Crippen molar-refractivity contribution in [1.82, 2.24) is 0 Å². The lowest BCUT2D eigenvalue weighted by atomic mass is 9.86. The summed E-state index contributed by atoms with van der Waals surface area (Å²) in [6.45, 7) is 2.24. The van der Waals surface area contributed by atoms with Gasteiger partial charge < -0.3 is 14.6 Å². The van der Waals surface area contributed by atoms with Gasteiger partial charge >= 0.3 is 0 Å². The third kappa shape index (κ3) is 2.20. The smallest absolute Gasteiger partial charge is 0.129 e. The molecule has 104 valence electrons. The molecule has 0 aromatic heterocycles. The minimum Gasteiger partial charge on any atom is -0.497 e. The summed E-state index contributed by atoms with van der Waals surface area (Å²) in [5.74, 6) is 2.32. The molecular weight excluding hydrogens is 240 g/mol. The van der Waals surface area contributed by atoms with Crippen molar-refractivity contribution in [2.45, 2.75) is 50.7 Å². The molecule has 19 heavy (non-hydrogen) atoms. The van der Waals surface area contributed by atoms with Crippen LogP contribution in [0.15, 0.2) is 18.2 Å². The predicted octanol–water partition coefficient (Wildman–Crippen LogP) is 3.46. The van der Waals surface area contributed by atoms with Crippen LogP contribution in [0.3, 0.4) is 0 Å². The van der Waals surface area contributed by atoms with Gasteiger partial charge in [0.05, 0.1) is 13.2 Å². The van der Waals surface area contributed by atoms with Crippen molar-refractivity contribution in [3.63, 3.8) is 0 Å². The minimum absolute atomic E-state index is 0.153. The maximum atomic E-state index is 10.4. The van der Waals surface area contributed by atoms with E-state index in [2.05, 4.69) is 6.92 Å². The second-order valence-corrected chi connectivity index (χ2v) is 5.93. The Labute approximate surface area is 114 Å². The quantitative estimate of drug-likeness (QED) is 0.887. The fraction of sp³-hybridized carbons (Fsp3) is 0.625. The molecule has 1 aromatic carbocycles. The first-order valence-corrected chi connectivity index (χ1v) is 7.21. The van der Waals surface area contributed by atoms with E-state index in [0.717, 1.165) is 42.2 Å². The molecule has 1 heterocycles. The van der Waals surface area contributed by atoms with Gasteiger partial charge in [-0.05, 0) is 37.3 Å². The highest BCUT2D eigenvalue weighted by Gasteiger charge is 2.45. The van der Waals surface area contributed by atoms with Crippen molar-refractivity contribution < 1.29 is 14.6 Å². The van der Waals surface area contributed by atoms with E-state index in [-0.39, 0.29) is 5.60 Å². The SMILES string of the molecule is CCC1CCC2(C1)C[C@H](O)c1ccc(OC)cc1O2. The lowest BCUT2D eigenvalue weighted by Crippen LogP contribution is -2.38. The first-order valence-electron chi connectivity index (χ1n) is 7.21. The van der Waals surface area contributed by atoms with E-state index < -0.39 is 6.10 Å². The van der Waals surface area contributed by atoms with Gasteiger partial charge in [-0.3, -0.25) is 0 Å². The fourth-order valence-corrected chi connectivity index (χ4v) is 3.57. The number of hydrogen-bond acceptors (Lipinski definition) is 3. The van der Waals surface area contributed by atoms with Gasteiger partial charge in [0.15, 0.2) is 0 Å². The normalized spacial score (nSPS) is 33.0. The zero-order valence-electron chi connectivity index (χ0n) is 11.7. The number of fused-ring (bicyclic) bond motifs is 1. The van der Waals surface area contributed by atoms with Crippen molar-refractivity contribution in [2.75, 3.05) is 7.11 Å². The number of methoxy groups -OCH3 is 1. The molecule has 0 saturated heterocycles. The number of benzene rings is 1. The van der Waals surface area contributed by atoms with E-state index in [0.29, 0.717) is 0 Å². The molecule has 1 aliphatic heterocycles. The summed E-state index contributed by atoms with van der Waals surface area (Å²) < 4.78 is 11.5. The van der Waals surface area contributed by atoms with Gasteiger partial charge in [0, 0.05) is 18.1 Å². The highest BCUT2D eigenvalue weighted by Crippen LogP contribution is 2.50. The first-order chi connectivity index (χ1) is 9.15. The van der Waals surface area contributed by atoms with Gasteiger partial charge in [-0.1, -0.05) is 13.3 Å². The van der Waals surface area contributed by atoms with E-state index in [1.807, 2.05) is 18.2 Å². The van der Waals surface area contributed by atoms with E-state index in [1.165, 1.54) is 12.8 Å². The molecule has 1 aliphatic carbocycles. The van der Waals surface area contributed by atoms with Crippen LogP contribution < -0.4 is 9.47 Å². The molecular formula is C16H22O3. The highest BCUT2D eigenvalue weighted by atomic mass is 16.5. The second-order valence-electron chi connectivity index (χ2n) is 5.93. The molecule has 1 aromatic rings. The standard InChI is InChI=1S/C16H22O3/c1-3-11-6-7-16(9-11)10-14(17)13-5-4-12(18-2)8-15(13)19-16/h4-5,8,11,14,17H,3,6-7,9-10H2,1-2H3/t11?,14-,16?/m0/s1. The molecule has 1 spiro atoms. The molecule has 2 unspecified atom stereocenters. The molecule has 3 heteroatoms. The lowest BCUT2D eigenvalue weighted by molar-refractivity contribution is -0.0123.